The van der Waals surface area contributed by atoms with E-state index in [1.54, 1.807) is 24.9 Å². The van der Waals surface area contributed by atoms with Crippen molar-refractivity contribution in [1.29, 1.82) is 0 Å². The van der Waals surface area contributed by atoms with Crippen molar-refractivity contribution in [2.75, 3.05) is 0 Å². The van der Waals surface area contributed by atoms with Gasteiger partial charge in [0.1, 0.15) is 5.52 Å². The standard InChI is InChI=1S/C10H11FN2O/c1-6-3-7-4-13(2)12-10(7)9(11)8(6)5-14/h3-4,14H,5H2,1-2H3. The number of hydrogen-bond acceptors (Lipinski definition) is 2. The lowest BCUT2D eigenvalue weighted by molar-refractivity contribution is 0.275. The molecule has 3 nitrogen and oxygen atoms in total. The third kappa shape index (κ3) is 1.19. The second-order valence-electron chi connectivity index (χ2n) is 3.38. The maximum absolute atomic E-state index is 13.7. The molecule has 0 saturated carbocycles. The minimum atomic E-state index is -0.414. The molecule has 74 valence electrons. The highest BCUT2D eigenvalue weighted by atomic mass is 19.1. The Morgan fingerprint density at radius 2 is 2.29 bits per heavy atom. The maximum Gasteiger partial charge on any atom is 0.157 e. The summed E-state index contributed by atoms with van der Waals surface area (Å²) in [5.41, 5.74) is 1.41. The SMILES string of the molecule is Cc1cc2cn(C)nc2c(F)c1CO. The molecule has 0 radical (unpaired) electrons. The smallest absolute Gasteiger partial charge is 0.157 e. The van der Waals surface area contributed by atoms with E-state index < -0.39 is 5.82 Å². The van der Waals surface area contributed by atoms with Crippen LogP contribution in [0.25, 0.3) is 10.9 Å². The predicted molar refractivity (Wildman–Crippen MR) is 51.3 cm³/mol. The van der Waals surface area contributed by atoms with Crippen molar-refractivity contribution in [2.24, 2.45) is 7.05 Å². The van der Waals surface area contributed by atoms with E-state index in [-0.39, 0.29) is 6.61 Å². The van der Waals surface area contributed by atoms with Crippen LogP contribution in [0, 0.1) is 12.7 Å². The summed E-state index contributed by atoms with van der Waals surface area (Å²) < 4.78 is 15.3. The van der Waals surface area contributed by atoms with Crippen LogP contribution in [-0.4, -0.2) is 14.9 Å². The second kappa shape index (κ2) is 3.06. The van der Waals surface area contributed by atoms with Gasteiger partial charge >= 0.3 is 0 Å². The van der Waals surface area contributed by atoms with Crippen LogP contribution in [0.1, 0.15) is 11.1 Å². The largest absolute Gasteiger partial charge is 0.392 e. The van der Waals surface area contributed by atoms with E-state index >= 15 is 0 Å². The van der Waals surface area contributed by atoms with Crippen molar-refractivity contribution in [3.05, 3.63) is 29.2 Å². The van der Waals surface area contributed by atoms with Crippen molar-refractivity contribution >= 4 is 10.9 Å². The molecular formula is C10H11FN2O. The van der Waals surface area contributed by atoms with Gasteiger partial charge in [0.15, 0.2) is 5.82 Å². The van der Waals surface area contributed by atoms with Gasteiger partial charge in [0.05, 0.1) is 6.61 Å². The van der Waals surface area contributed by atoms with Gasteiger partial charge in [-0.05, 0) is 18.6 Å². The molecule has 1 heterocycles. The predicted octanol–water partition coefficient (Wildman–Crippen LogP) is 1.51. The summed E-state index contributed by atoms with van der Waals surface area (Å²) in [4.78, 5) is 0. The summed E-state index contributed by atoms with van der Waals surface area (Å²) in [6, 6.07) is 1.83. The molecule has 0 unspecified atom stereocenters. The Morgan fingerprint density at radius 3 is 2.93 bits per heavy atom. The first-order valence-corrected chi connectivity index (χ1v) is 4.35. The van der Waals surface area contributed by atoms with Crippen LogP contribution in [0.5, 0.6) is 0 Å². The lowest BCUT2D eigenvalue weighted by Gasteiger charge is -2.03. The van der Waals surface area contributed by atoms with Crippen molar-refractivity contribution in [2.45, 2.75) is 13.5 Å². The molecule has 0 aliphatic carbocycles. The van der Waals surface area contributed by atoms with Gasteiger partial charge in [0.2, 0.25) is 0 Å². The van der Waals surface area contributed by atoms with Crippen LogP contribution in [0.4, 0.5) is 4.39 Å². The average Bonchev–Trinajstić information content (AvgIpc) is 2.47. The number of aromatic nitrogens is 2. The molecule has 14 heavy (non-hydrogen) atoms. The minimum Gasteiger partial charge on any atom is -0.392 e. The summed E-state index contributed by atoms with van der Waals surface area (Å²) in [5, 5.41) is 13.7. The van der Waals surface area contributed by atoms with E-state index in [2.05, 4.69) is 5.10 Å². The lowest BCUT2D eigenvalue weighted by Crippen LogP contribution is -1.95. The summed E-state index contributed by atoms with van der Waals surface area (Å²) >= 11 is 0. The monoisotopic (exact) mass is 194 g/mol. The summed E-state index contributed by atoms with van der Waals surface area (Å²) in [6.45, 7) is 1.49. The molecule has 1 aromatic heterocycles. The van der Waals surface area contributed by atoms with Gasteiger partial charge in [-0.1, -0.05) is 0 Å². The van der Waals surface area contributed by atoms with Crippen LogP contribution >= 0.6 is 0 Å². The Bertz CT molecular complexity index is 490. The zero-order valence-electron chi connectivity index (χ0n) is 8.08. The molecule has 0 fully saturated rings. The molecule has 0 spiro atoms. The number of aliphatic hydroxyl groups excluding tert-OH is 1. The molecule has 1 N–H and O–H groups in total. The molecular weight excluding hydrogens is 183 g/mol. The Labute approximate surface area is 80.8 Å². The molecule has 0 saturated heterocycles. The van der Waals surface area contributed by atoms with Crippen LogP contribution in [0.2, 0.25) is 0 Å². The van der Waals surface area contributed by atoms with Crippen LogP contribution in [0.3, 0.4) is 0 Å². The number of rotatable bonds is 1. The molecule has 2 rings (SSSR count). The molecule has 0 bridgehead atoms. The number of nitrogens with zero attached hydrogens (tertiary/aromatic N) is 2. The van der Waals surface area contributed by atoms with Gasteiger partial charge in [-0.2, -0.15) is 5.10 Å². The zero-order chi connectivity index (χ0) is 10.3. The van der Waals surface area contributed by atoms with E-state index in [1.165, 1.54) is 0 Å². The Balaban J connectivity index is 2.84. The van der Waals surface area contributed by atoms with Crippen molar-refractivity contribution in [1.82, 2.24) is 9.78 Å². The topological polar surface area (TPSA) is 38.0 Å². The first-order valence-electron chi connectivity index (χ1n) is 4.35. The number of aliphatic hydroxyl groups is 1. The second-order valence-corrected chi connectivity index (χ2v) is 3.38. The Hall–Kier alpha value is -1.42. The number of hydrogen-bond donors (Lipinski definition) is 1. The molecule has 4 heteroatoms. The molecule has 1 aromatic carbocycles. The van der Waals surface area contributed by atoms with E-state index in [9.17, 15) is 4.39 Å². The first-order chi connectivity index (χ1) is 6.63. The van der Waals surface area contributed by atoms with E-state index in [0.29, 0.717) is 11.1 Å². The van der Waals surface area contributed by atoms with Crippen molar-refractivity contribution in [3.63, 3.8) is 0 Å². The first kappa shape index (κ1) is 9.15. The van der Waals surface area contributed by atoms with Crippen LogP contribution in [-0.2, 0) is 13.7 Å². The van der Waals surface area contributed by atoms with Gasteiger partial charge in [-0.25, -0.2) is 4.39 Å². The molecule has 0 amide bonds. The number of halogens is 1. The highest BCUT2D eigenvalue weighted by molar-refractivity contribution is 5.80. The summed E-state index contributed by atoms with van der Waals surface area (Å²) in [6.07, 6.45) is 1.76. The maximum atomic E-state index is 13.7. The quantitative estimate of drug-likeness (QED) is 0.747. The fourth-order valence-electron chi connectivity index (χ4n) is 1.61. The normalized spacial score (nSPS) is 11.1. The van der Waals surface area contributed by atoms with E-state index in [0.717, 1.165) is 10.9 Å². The Kier molecular flexibility index (Phi) is 2.00. The molecule has 0 aliphatic heterocycles. The van der Waals surface area contributed by atoms with E-state index in [4.69, 9.17) is 5.11 Å². The lowest BCUT2D eigenvalue weighted by atomic mass is 10.1. The summed E-state index contributed by atoms with van der Waals surface area (Å²) in [5.74, 6) is -0.414. The van der Waals surface area contributed by atoms with Gasteiger partial charge in [0.25, 0.3) is 0 Å². The number of fused-ring (bicyclic) bond motifs is 1. The van der Waals surface area contributed by atoms with Crippen molar-refractivity contribution in [3.8, 4) is 0 Å². The van der Waals surface area contributed by atoms with Gasteiger partial charge in [-0.3, -0.25) is 4.68 Å². The minimum absolute atomic E-state index is 0.288. The van der Waals surface area contributed by atoms with Gasteiger partial charge < -0.3 is 5.11 Å². The molecule has 2 aromatic rings. The third-order valence-electron chi connectivity index (χ3n) is 2.34. The van der Waals surface area contributed by atoms with Crippen molar-refractivity contribution < 1.29 is 9.50 Å². The highest BCUT2D eigenvalue weighted by Gasteiger charge is 2.12. The molecule has 0 aliphatic rings. The number of benzene rings is 1. The van der Waals surface area contributed by atoms with Crippen LogP contribution < -0.4 is 0 Å². The van der Waals surface area contributed by atoms with Gasteiger partial charge in [0, 0.05) is 24.2 Å². The zero-order valence-corrected chi connectivity index (χ0v) is 8.08. The third-order valence-corrected chi connectivity index (χ3v) is 2.34. The van der Waals surface area contributed by atoms with Gasteiger partial charge in [-0.15, -0.1) is 0 Å². The highest BCUT2D eigenvalue weighted by Crippen LogP contribution is 2.22. The molecule has 0 atom stereocenters. The van der Waals surface area contributed by atoms with E-state index in [1.807, 2.05) is 6.07 Å². The summed E-state index contributed by atoms with van der Waals surface area (Å²) in [7, 11) is 1.74. The average molecular weight is 194 g/mol. The number of aryl methyl sites for hydroxylation is 2. The Morgan fingerprint density at radius 1 is 1.57 bits per heavy atom. The fraction of sp³-hybridized carbons (Fsp3) is 0.300. The van der Waals surface area contributed by atoms with Crippen LogP contribution in [0.15, 0.2) is 12.3 Å². The fourth-order valence-corrected chi connectivity index (χ4v) is 1.61.